The Morgan fingerprint density at radius 2 is 1.90 bits per heavy atom. The van der Waals surface area contributed by atoms with E-state index in [0.29, 0.717) is 0 Å². The van der Waals surface area contributed by atoms with Crippen LogP contribution in [-0.2, 0) is 11.0 Å². The summed E-state index contributed by atoms with van der Waals surface area (Å²) in [5.74, 6) is 0.778. The molecule has 0 bridgehead atoms. The Balaban J connectivity index is 2.31. The Morgan fingerprint density at radius 3 is 2.40 bits per heavy atom. The first kappa shape index (κ1) is 8.21. The summed E-state index contributed by atoms with van der Waals surface area (Å²) in [5.41, 5.74) is 0. The molecule has 1 aliphatic heterocycles. The van der Waals surface area contributed by atoms with Crippen LogP contribution in [0.15, 0.2) is 0 Å². The molecule has 60 valence electrons. The van der Waals surface area contributed by atoms with E-state index in [9.17, 15) is 4.21 Å². The summed E-state index contributed by atoms with van der Waals surface area (Å²) in [5, 5.41) is 0. The highest BCUT2D eigenvalue weighted by atomic mass is 32.2. The van der Waals surface area contributed by atoms with Crippen molar-refractivity contribution in [1.82, 2.24) is 4.31 Å². The highest BCUT2D eigenvalue weighted by Crippen LogP contribution is 2.10. The van der Waals surface area contributed by atoms with Gasteiger partial charge in [-0.1, -0.05) is 13.3 Å². The molecule has 1 atom stereocenters. The Hall–Kier alpha value is 0.110. The third-order valence-corrected chi connectivity index (χ3v) is 3.28. The number of rotatable bonds is 2. The van der Waals surface area contributed by atoms with Crippen molar-refractivity contribution in [3.8, 4) is 0 Å². The molecule has 1 fully saturated rings. The number of nitrogens with zero attached hydrogens (tertiary/aromatic N) is 1. The van der Waals surface area contributed by atoms with Gasteiger partial charge >= 0.3 is 0 Å². The molecule has 3 heteroatoms. The zero-order valence-corrected chi connectivity index (χ0v) is 7.32. The molecule has 1 heterocycles. The van der Waals surface area contributed by atoms with Crippen LogP contribution in [0.4, 0.5) is 0 Å². The lowest BCUT2D eigenvalue weighted by Gasteiger charge is -2.24. The topological polar surface area (TPSA) is 20.3 Å². The summed E-state index contributed by atoms with van der Waals surface area (Å²) in [4.78, 5) is 0. The van der Waals surface area contributed by atoms with Crippen LogP contribution in [-0.4, -0.2) is 27.4 Å². The second-order valence-electron chi connectivity index (χ2n) is 2.60. The standard InChI is InChI=1S/C7H15NOS/c1-2-10(9)8-6-4-3-5-7-8/h2-7H2,1H3. The molecule has 0 aliphatic carbocycles. The molecule has 0 aromatic rings. The quantitative estimate of drug-likeness (QED) is 0.595. The van der Waals surface area contributed by atoms with Gasteiger partial charge in [-0.25, -0.2) is 8.51 Å². The van der Waals surface area contributed by atoms with Crippen molar-refractivity contribution in [3.63, 3.8) is 0 Å². The minimum Gasteiger partial charge on any atom is -0.243 e. The van der Waals surface area contributed by atoms with Crippen molar-refractivity contribution >= 4 is 11.0 Å². The fourth-order valence-electron chi connectivity index (χ4n) is 1.25. The molecule has 2 nitrogen and oxygen atoms in total. The molecule has 0 amide bonds. The summed E-state index contributed by atoms with van der Waals surface area (Å²) in [6, 6.07) is 0. The summed E-state index contributed by atoms with van der Waals surface area (Å²) in [7, 11) is -0.680. The molecule has 1 saturated heterocycles. The van der Waals surface area contributed by atoms with E-state index in [1.165, 1.54) is 19.3 Å². The molecule has 1 aliphatic rings. The van der Waals surface area contributed by atoms with Gasteiger partial charge in [-0.2, -0.15) is 0 Å². The van der Waals surface area contributed by atoms with Gasteiger partial charge in [0.25, 0.3) is 0 Å². The Labute approximate surface area is 65.2 Å². The van der Waals surface area contributed by atoms with Crippen LogP contribution in [0.1, 0.15) is 26.2 Å². The van der Waals surface area contributed by atoms with Gasteiger partial charge in [-0.15, -0.1) is 0 Å². The maximum absolute atomic E-state index is 11.2. The first-order valence-electron chi connectivity index (χ1n) is 3.98. The van der Waals surface area contributed by atoms with Crippen LogP contribution in [0.3, 0.4) is 0 Å². The SMILES string of the molecule is CCS(=O)N1CCCCC1. The van der Waals surface area contributed by atoms with Crippen molar-refractivity contribution in [2.75, 3.05) is 18.8 Å². The molecule has 10 heavy (non-hydrogen) atoms. The van der Waals surface area contributed by atoms with Crippen molar-refractivity contribution < 1.29 is 4.21 Å². The zero-order valence-electron chi connectivity index (χ0n) is 6.51. The lowest BCUT2D eigenvalue weighted by atomic mass is 10.2. The predicted octanol–water partition coefficient (Wildman–Crippen LogP) is 1.16. The molecular formula is C7H15NOS. The maximum atomic E-state index is 11.2. The summed E-state index contributed by atoms with van der Waals surface area (Å²) in [6.07, 6.45) is 3.77. The number of hydrogen-bond donors (Lipinski definition) is 0. The molecule has 0 aromatic heterocycles. The van der Waals surface area contributed by atoms with Crippen LogP contribution >= 0.6 is 0 Å². The molecule has 1 unspecified atom stereocenters. The number of piperidine rings is 1. The molecule has 0 N–H and O–H groups in total. The van der Waals surface area contributed by atoms with Gasteiger partial charge in [0.1, 0.15) is 0 Å². The zero-order chi connectivity index (χ0) is 7.40. The van der Waals surface area contributed by atoms with E-state index in [1.807, 2.05) is 6.92 Å². The Bertz CT molecular complexity index is 121. The average Bonchev–Trinajstić information content (AvgIpc) is 2.05. The van der Waals surface area contributed by atoms with Crippen LogP contribution in [0, 0.1) is 0 Å². The molecule has 0 saturated carbocycles. The lowest BCUT2D eigenvalue weighted by Crippen LogP contribution is -2.32. The summed E-state index contributed by atoms with van der Waals surface area (Å²) in [6.45, 7) is 4.06. The highest BCUT2D eigenvalue weighted by molar-refractivity contribution is 7.82. The van der Waals surface area contributed by atoms with Gasteiger partial charge in [0.15, 0.2) is 0 Å². The van der Waals surface area contributed by atoms with Gasteiger partial charge in [-0.05, 0) is 12.8 Å². The van der Waals surface area contributed by atoms with Crippen molar-refractivity contribution in [3.05, 3.63) is 0 Å². The fourth-order valence-corrected chi connectivity index (χ4v) is 2.28. The van der Waals surface area contributed by atoms with E-state index in [0.717, 1.165) is 18.8 Å². The first-order chi connectivity index (χ1) is 4.84. The van der Waals surface area contributed by atoms with E-state index < -0.39 is 11.0 Å². The van der Waals surface area contributed by atoms with Gasteiger partial charge in [0, 0.05) is 18.8 Å². The van der Waals surface area contributed by atoms with E-state index >= 15 is 0 Å². The second-order valence-corrected chi connectivity index (χ2v) is 4.34. The smallest absolute Gasteiger partial charge is 0.0939 e. The predicted molar refractivity (Wildman–Crippen MR) is 44.1 cm³/mol. The van der Waals surface area contributed by atoms with E-state index in [1.54, 1.807) is 0 Å². The highest BCUT2D eigenvalue weighted by Gasteiger charge is 2.13. The van der Waals surface area contributed by atoms with Crippen LogP contribution in [0.2, 0.25) is 0 Å². The third kappa shape index (κ3) is 2.06. The van der Waals surface area contributed by atoms with Crippen LogP contribution < -0.4 is 0 Å². The van der Waals surface area contributed by atoms with Gasteiger partial charge in [0.2, 0.25) is 0 Å². The average molecular weight is 161 g/mol. The molecule has 0 radical (unpaired) electrons. The first-order valence-corrected chi connectivity index (χ1v) is 5.25. The van der Waals surface area contributed by atoms with Crippen molar-refractivity contribution in [1.29, 1.82) is 0 Å². The van der Waals surface area contributed by atoms with Gasteiger partial charge < -0.3 is 0 Å². The van der Waals surface area contributed by atoms with Crippen LogP contribution in [0.25, 0.3) is 0 Å². The molecule has 0 aromatic carbocycles. The third-order valence-electron chi connectivity index (χ3n) is 1.85. The normalized spacial score (nSPS) is 24.5. The van der Waals surface area contributed by atoms with Crippen molar-refractivity contribution in [2.24, 2.45) is 0 Å². The largest absolute Gasteiger partial charge is 0.243 e. The lowest BCUT2D eigenvalue weighted by molar-refractivity contribution is 0.366. The molecule has 0 spiro atoms. The van der Waals surface area contributed by atoms with E-state index in [2.05, 4.69) is 4.31 Å². The summed E-state index contributed by atoms with van der Waals surface area (Å²) < 4.78 is 13.3. The molecular weight excluding hydrogens is 146 g/mol. The Morgan fingerprint density at radius 1 is 1.30 bits per heavy atom. The number of hydrogen-bond acceptors (Lipinski definition) is 1. The fraction of sp³-hybridized carbons (Fsp3) is 1.00. The monoisotopic (exact) mass is 161 g/mol. The van der Waals surface area contributed by atoms with Gasteiger partial charge in [0.05, 0.1) is 11.0 Å². The minimum absolute atomic E-state index is 0.680. The van der Waals surface area contributed by atoms with Crippen molar-refractivity contribution in [2.45, 2.75) is 26.2 Å². The Kier molecular flexibility index (Phi) is 3.35. The van der Waals surface area contributed by atoms with Gasteiger partial charge in [-0.3, -0.25) is 0 Å². The minimum atomic E-state index is -0.680. The second kappa shape index (κ2) is 4.09. The summed E-state index contributed by atoms with van der Waals surface area (Å²) >= 11 is 0. The molecule has 1 rings (SSSR count). The van der Waals surface area contributed by atoms with E-state index in [4.69, 9.17) is 0 Å². The van der Waals surface area contributed by atoms with Crippen LogP contribution in [0.5, 0.6) is 0 Å². The van der Waals surface area contributed by atoms with E-state index in [-0.39, 0.29) is 0 Å². The maximum Gasteiger partial charge on any atom is 0.0939 e.